The fraction of sp³-hybridized carbons (Fsp3) is 0.524. The minimum atomic E-state index is -4.60. The smallest absolute Gasteiger partial charge is 0.383 e. The number of morpholine rings is 1. The summed E-state index contributed by atoms with van der Waals surface area (Å²) in [6.07, 6.45) is -2.90. The highest BCUT2D eigenvalue weighted by molar-refractivity contribution is 5.99. The SMILES string of the molecule is Cc1cc(C(=O)CN2c3nc(N4CC5CC4CO5)cc(=O)n3CC[C@H]2C(F)(F)F)cnc1N. The van der Waals surface area contributed by atoms with E-state index in [2.05, 4.69) is 9.97 Å². The number of Topliss-reactive ketones (excluding diaryl/α,β-unsaturated/α-hetero) is 1. The highest BCUT2D eigenvalue weighted by Crippen LogP contribution is 2.36. The molecule has 2 unspecified atom stereocenters. The van der Waals surface area contributed by atoms with Crippen molar-refractivity contribution in [2.75, 3.05) is 35.2 Å². The van der Waals surface area contributed by atoms with Gasteiger partial charge in [0.1, 0.15) is 17.7 Å². The quantitative estimate of drug-likeness (QED) is 0.679. The zero-order valence-electron chi connectivity index (χ0n) is 17.9. The number of hydrogen-bond acceptors (Lipinski definition) is 8. The van der Waals surface area contributed by atoms with Crippen molar-refractivity contribution in [2.24, 2.45) is 0 Å². The highest BCUT2D eigenvalue weighted by atomic mass is 19.4. The predicted molar refractivity (Wildman–Crippen MR) is 114 cm³/mol. The summed E-state index contributed by atoms with van der Waals surface area (Å²) in [5, 5.41) is 0. The number of rotatable bonds is 4. The number of hydrogen-bond donors (Lipinski definition) is 1. The van der Waals surface area contributed by atoms with E-state index in [9.17, 15) is 22.8 Å². The van der Waals surface area contributed by atoms with Gasteiger partial charge in [-0.1, -0.05) is 0 Å². The molecule has 2 aromatic heterocycles. The Balaban J connectivity index is 1.53. The number of anilines is 3. The van der Waals surface area contributed by atoms with Crippen LogP contribution in [0.25, 0.3) is 0 Å². The Morgan fingerprint density at radius 1 is 1.33 bits per heavy atom. The lowest BCUT2D eigenvalue weighted by Crippen LogP contribution is -2.54. The van der Waals surface area contributed by atoms with Crippen molar-refractivity contribution in [3.63, 3.8) is 0 Å². The van der Waals surface area contributed by atoms with Crippen LogP contribution in [-0.4, -0.2) is 64.4 Å². The van der Waals surface area contributed by atoms with Gasteiger partial charge in [0.05, 0.1) is 25.3 Å². The third-order valence-electron chi connectivity index (χ3n) is 6.56. The lowest BCUT2D eigenvalue weighted by Gasteiger charge is -2.39. The molecule has 2 bridgehead atoms. The average molecular weight is 464 g/mol. The van der Waals surface area contributed by atoms with Gasteiger partial charge in [0, 0.05) is 30.9 Å². The molecule has 3 atom stereocenters. The lowest BCUT2D eigenvalue weighted by molar-refractivity contribution is -0.152. The molecule has 0 radical (unpaired) electrons. The summed E-state index contributed by atoms with van der Waals surface area (Å²) in [7, 11) is 0. The molecule has 0 spiro atoms. The first-order valence-corrected chi connectivity index (χ1v) is 10.7. The third-order valence-corrected chi connectivity index (χ3v) is 6.56. The van der Waals surface area contributed by atoms with Crippen LogP contribution in [0.3, 0.4) is 0 Å². The topological polar surface area (TPSA) is 107 Å². The van der Waals surface area contributed by atoms with Crippen LogP contribution in [0.15, 0.2) is 23.1 Å². The molecule has 33 heavy (non-hydrogen) atoms. The van der Waals surface area contributed by atoms with Crippen molar-refractivity contribution >= 4 is 23.4 Å². The second-order valence-electron chi connectivity index (χ2n) is 8.72. The number of aryl methyl sites for hydroxylation is 1. The van der Waals surface area contributed by atoms with Crippen molar-refractivity contribution in [3.05, 3.63) is 39.8 Å². The fourth-order valence-electron chi connectivity index (χ4n) is 4.79. The first-order valence-electron chi connectivity index (χ1n) is 10.7. The molecule has 2 N–H and O–H groups in total. The van der Waals surface area contributed by atoms with E-state index in [4.69, 9.17) is 10.5 Å². The highest BCUT2D eigenvalue weighted by Gasteiger charge is 2.48. The van der Waals surface area contributed by atoms with Crippen LogP contribution in [0, 0.1) is 6.92 Å². The van der Waals surface area contributed by atoms with Gasteiger partial charge in [-0.2, -0.15) is 18.2 Å². The molecule has 176 valence electrons. The molecular weight excluding hydrogens is 441 g/mol. The van der Waals surface area contributed by atoms with E-state index in [0.717, 1.165) is 11.3 Å². The van der Waals surface area contributed by atoms with Gasteiger partial charge in [-0.3, -0.25) is 14.2 Å². The molecule has 2 saturated heterocycles. The van der Waals surface area contributed by atoms with Gasteiger partial charge in [0.2, 0.25) is 5.95 Å². The molecule has 9 nitrogen and oxygen atoms in total. The van der Waals surface area contributed by atoms with Crippen LogP contribution in [0.4, 0.5) is 30.8 Å². The summed E-state index contributed by atoms with van der Waals surface area (Å²) in [6, 6.07) is 0.941. The number of ketones is 1. The van der Waals surface area contributed by atoms with Crippen LogP contribution in [0.2, 0.25) is 0 Å². The summed E-state index contributed by atoms with van der Waals surface area (Å²) in [5.74, 6) is -0.165. The normalized spacial score (nSPS) is 24.3. The Morgan fingerprint density at radius 3 is 2.76 bits per heavy atom. The fourth-order valence-corrected chi connectivity index (χ4v) is 4.79. The Kier molecular flexibility index (Phi) is 5.07. The number of alkyl halides is 3. The molecule has 0 aliphatic carbocycles. The molecule has 3 aliphatic heterocycles. The second-order valence-corrected chi connectivity index (χ2v) is 8.72. The lowest BCUT2D eigenvalue weighted by atomic mass is 10.1. The molecule has 12 heteroatoms. The Hall–Kier alpha value is -3.15. The zero-order chi connectivity index (χ0) is 23.5. The molecule has 0 saturated carbocycles. The third kappa shape index (κ3) is 3.81. The maximum Gasteiger partial charge on any atom is 0.408 e. The van der Waals surface area contributed by atoms with Crippen molar-refractivity contribution in [3.8, 4) is 0 Å². The van der Waals surface area contributed by atoms with Crippen LogP contribution in [-0.2, 0) is 11.3 Å². The van der Waals surface area contributed by atoms with Crippen LogP contribution >= 0.6 is 0 Å². The Bertz CT molecular complexity index is 1170. The van der Waals surface area contributed by atoms with E-state index < -0.39 is 30.1 Å². The molecule has 0 aromatic carbocycles. The molecule has 2 aromatic rings. The maximum atomic E-state index is 14.0. The number of pyridine rings is 1. The van der Waals surface area contributed by atoms with Crippen molar-refractivity contribution in [1.82, 2.24) is 14.5 Å². The molecule has 5 rings (SSSR count). The van der Waals surface area contributed by atoms with E-state index in [-0.39, 0.29) is 42.4 Å². The van der Waals surface area contributed by atoms with E-state index in [1.54, 1.807) is 6.92 Å². The zero-order valence-corrected chi connectivity index (χ0v) is 17.9. The number of fused-ring (bicyclic) bond motifs is 3. The molecule has 2 fully saturated rings. The summed E-state index contributed by atoms with van der Waals surface area (Å²) >= 11 is 0. The Morgan fingerprint density at radius 2 is 2.12 bits per heavy atom. The van der Waals surface area contributed by atoms with Crippen molar-refractivity contribution in [2.45, 2.75) is 50.7 Å². The van der Waals surface area contributed by atoms with Gasteiger partial charge in [0.25, 0.3) is 5.56 Å². The van der Waals surface area contributed by atoms with Gasteiger partial charge in [-0.15, -0.1) is 0 Å². The monoisotopic (exact) mass is 464 g/mol. The van der Waals surface area contributed by atoms with Crippen molar-refractivity contribution in [1.29, 1.82) is 0 Å². The molecule has 3 aliphatic rings. The van der Waals surface area contributed by atoms with Gasteiger partial charge in [-0.05, 0) is 31.4 Å². The number of carbonyl (C=O) groups is 1. The molecule has 0 amide bonds. The van der Waals surface area contributed by atoms with Gasteiger partial charge in [-0.25, -0.2) is 4.98 Å². The Labute approximate surface area is 187 Å². The van der Waals surface area contributed by atoms with E-state index in [1.807, 2.05) is 4.90 Å². The number of ether oxygens (including phenoxy) is 1. The van der Waals surface area contributed by atoms with E-state index in [1.165, 1.54) is 22.9 Å². The minimum absolute atomic E-state index is 0.0254. The molecule has 5 heterocycles. The summed E-state index contributed by atoms with van der Waals surface area (Å²) in [4.78, 5) is 37.0. The average Bonchev–Trinajstić information content (AvgIpc) is 3.39. The van der Waals surface area contributed by atoms with Crippen molar-refractivity contribution < 1.29 is 22.7 Å². The first kappa shape index (κ1) is 21.7. The van der Waals surface area contributed by atoms with Crippen LogP contribution in [0.5, 0.6) is 0 Å². The standard InChI is InChI=1S/C21H23F3N6O3/c1-11-4-12(7-26-19(11)25)15(31)9-30-16(21(22,23)24)2-3-28-18(32)6-17(27-20(28)30)29-8-14-5-13(29)10-33-14/h4,6-7,13-14,16H,2-3,5,8-10H2,1H3,(H2,25,26)/t13?,14?,16-/m0/s1. The van der Waals surface area contributed by atoms with Gasteiger partial charge >= 0.3 is 6.18 Å². The van der Waals surface area contributed by atoms with E-state index in [0.29, 0.717) is 24.5 Å². The second kappa shape index (κ2) is 7.72. The number of nitrogen functional groups attached to an aromatic ring is 1. The van der Waals surface area contributed by atoms with E-state index >= 15 is 0 Å². The summed E-state index contributed by atoms with van der Waals surface area (Å²) in [5.41, 5.74) is 5.94. The minimum Gasteiger partial charge on any atom is -0.383 e. The first-order chi connectivity index (χ1) is 15.6. The summed E-state index contributed by atoms with van der Waals surface area (Å²) < 4.78 is 48.6. The van der Waals surface area contributed by atoms with Crippen LogP contribution in [0.1, 0.15) is 28.8 Å². The maximum absolute atomic E-state index is 14.0. The number of nitrogens with two attached hydrogens (primary N) is 1. The number of halogens is 3. The van der Waals surface area contributed by atoms with Gasteiger partial charge in [0.15, 0.2) is 5.78 Å². The predicted octanol–water partition coefficient (Wildman–Crippen LogP) is 1.53. The van der Waals surface area contributed by atoms with Gasteiger partial charge < -0.3 is 20.3 Å². The number of carbonyl (C=O) groups excluding carboxylic acids is 1. The van der Waals surface area contributed by atoms with Crippen LogP contribution < -0.4 is 21.1 Å². The largest absolute Gasteiger partial charge is 0.408 e. The molecular formula is C21H23F3N6O3. The summed E-state index contributed by atoms with van der Waals surface area (Å²) in [6.45, 7) is 1.95. The number of aromatic nitrogens is 3. The number of nitrogens with zero attached hydrogens (tertiary/aromatic N) is 5.